The number of hydrogen-bond acceptors (Lipinski definition) is 8. The van der Waals surface area contributed by atoms with Crippen LogP contribution in [0.2, 0.25) is 5.15 Å². The number of thioether (sulfide) groups is 1. The van der Waals surface area contributed by atoms with Crippen LogP contribution in [-0.2, 0) is 11.3 Å². The van der Waals surface area contributed by atoms with E-state index in [1.807, 2.05) is 25.2 Å². The van der Waals surface area contributed by atoms with Crippen molar-refractivity contribution < 1.29 is 14.3 Å². The summed E-state index contributed by atoms with van der Waals surface area (Å²) in [6.45, 7) is 2.78. The van der Waals surface area contributed by atoms with E-state index >= 15 is 0 Å². The third kappa shape index (κ3) is 5.72. The Morgan fingerprint density at radius 1 is 1.26 bits per heavy atom. The SMILES string of the molecule is CN1CCC(N(C)c2cc(Cl)nc(SCC(=O)NCc3ccc4c(c3)OCO4)n2)CC1. The summed E-state index contributed by atoms with van der Waals surface area (Å²) >= 11 is 7.52. The van der Waals surface area contributed by atoms with Crippen LogP contribution in [0.4, 0.5) is 5.82 Å². The molecular weight excluding hydrogens is 438 g/mol. The number of nitrogens with zero attached hydrogens (tertiary/aromatic N) is 4. The highest BCUT2D eigenvalue weighted by Crippen LogP contribution is 2.32. The number of hydrogen-bond donors (Lipinski definition) is 1. The first kappa shape index (κ1) is 22.0. The lowest BCUT2D eigenvalue weighted by atomic mass is 10.0. The van der Waals surface area contributed by atoms with E-state index in [4.69, 9.17) is 21.1 Å². The van der Waals surface area contributed by atoms with Crippen molar-refractivity contribution in [2.75, 3.05) is 44.6 Å². The topological polar surface area (TPSA) is 79.8 Å². The summed E-state index contributed by atoms with van der Waals surface area (Å²) in [4.78, 5) is 25.7. The molecule has 1 aromatic carbocycles. The summed E-state index contributed by atoms with van der Waals surface area (Å²) in [5.41, 5.74) is 0.948. The Hall–Kier alpha value is -2.23. The van der Waals surface area contributed by atoms with Crippen molar-refractivity contribution in [1.29, 1.82) is 0 Å². The second-order valence-corrected chi connectivity index (χ2v) is 9.06. The van der Waals surface area contributed by atoms with Gasteiger partial charge in [-0.1, -0.05) is 29.4 Å². The lowest BCUT2D eigenvalue weighted by Gasteiger charge is -2.35. The molecule has 1 N–H and O–H groups in total. The number of piperidine rings is 1. The Balaban J connectivity index is 1.30. The van der Waals surface area contributed by atoms with Gasteiger partial charge in [-0.15, -0.1) is 0 Å². The lowest BCUT2D eigenvalue weighted by molar-refractivity contribution is -0.118. The second kappa shape index (κ2) is 9.93. The van der Waals surface area contributed by atoms with Crippen LogP contribution in [0.1, 0.15) is 18.4 Å². The number of aromatic nitrogens is 2. The molecule has 3 heterocycles. The molecule has 1 amide bonds. The average Bonchev–Trinajstić information content (AvgIpc) is 3.24. The van der Waals surface area contributed by atoms with Crippen LogP contribution in [0.3, 0.4) is 0 Å². The number of halogens is 1. The molecule has 166 valence electrons. The fourth-order valence-corrected chi connectivity index (χ4v) is 4.54. The molecule has 0 saturated carbocycles. The molecule has 0 unspecified atom stereocenters. The summed E-state index contributed by atoms with van der Waals surface area (Å²) in [6, 6.07) is 7.84. The fraction of sp³-hybridized carbons (Fsp3) is 0.476. The van der Waals surface area contributed by atoms with Crippen LogP contribution in [0, 0.1) is 0 Å². The van der Waals surface area contributed by atoms with Crippen LogP contribution < -0.4 is 19.7 Å². The van der Waals surface area contributed by atoms with Gasteiger partial charge in [-0.25, -0.2) is 9.97 Å². The van der Waals surface area contributed by atoms with E-state index in [0.29, 0.717) is 28.6 Å². The summed E-state index contributed by atoms with van der Waals surface area (Å²) in [5, 5.41) is 3.79. The van der Waals surface area contributed by atoms with E-state index in [1.54, 1.807) is 6.07 Å². The standard InChI is InChI=1S/C21H26ClN5O3S/c1-26-7-5-15(6-8-26)27(2)19-10-18(22)24-21(25-19)31-12-20(28)23-11-14-3-4-16-17(9-14)30-13-29-16/h3-4,9-10,15H,5-8,11-13H2,1-2H3,(H,23,28). The molecule has 2 aliphatic rings. The van der Waals surface area contributed by atoms with Crippen LogP contribution in [0.5, 0.6) is 11.5 Å². The first-order valence-corrected chi connectivity index (χ1v) is 11.6. The molecule has 1 aromatic heterocycles. The number of nitrogens with one attached hydrogen (secondary N) is 1. The second-order valence-electron chi connectivity index (χ2n) is 7.73. The lowest BCUT2D eigenvalue weighted by Crippen LogP contribution is -2.42. The number of carbonyl (C=O) groups excluding carboxylic acids is 1. The molecule has 8 nitrogen and oxygen atoms in total. The molecule has 0 spiro atoms. The molecule has 2 aromatic rings. The van der Waals surface area contributed by atoms with Crippen LogP contribution in [-0.4, -0.2) is 66.5 Å². The van der Waals surface area contributed by atoms with Crippen molar-refractivity contribution in [3.05, 3.63) is 35.0 Å². The molecule has 0 radical (unpaired) electrons. The summed E-state index contributed by atoms with van der Waals surface area (Å²) in [6.07, 6.45) is 2.17. The summed E-state index contributed by atoms with van der Waals surface area (Å²) < 4.78 is 10.7. The predicted octanol–water partition coefficient (Wildman–Crippen LogP) is 2.80. The molecule has 31 heavy (non-hydrogen) atoms. The Bertz CT molecular complexity index is 939. The Morgan fingerprint density at radius 2 is 2.03 bits per heavy atom. The molecule has 2 aliphatic heterocycles. The van der Waals surface area contributed by atoms with Gasteiger partial charge in [0.15, 0.2) is 16.7 Å². The number of fused-ring (bicyclic) bond motifs is 1. The predicted molar refractivity (Wildman–Crippen MR) is 121 cm³/mol. The van der Waals surface area contributed by atoms with Crippen molar-refractivity contribution in [1.82, 2.24) is 20.2 Å². The zero-order valence-corrected chi connectivity index (χ0v) is 19.2. The summed E-state index contributed by atoms with van der Waals surface area (Å²) in [5.74, 6) is 2.33. The van der Waals surface area contributed by atoms with E-state index in [1.165, 1.54) is 11.8 Å². The van der Waals surface area contributed by atoms with E-state index in [0.717, 1.165) is 43.1 Å². The van der Waals surface area contributed by atoms with E-state index < -0.39 is 0 Å². The normalized spacial score (nSPS) is 16.4. The van der Waals surface area contributed by atoms with Gasteiger partial charge in [-0.2, -0.15) is 0 Å². The number of anilines is 1. The zero-order chi connectivity index (χ0) is 21.8. The Morgan fingerprint density at radius 3 is 2.84 bits per heavy atom. The van der Waals surface area contributed by atoms with Gasteiger partial charge in [0.25, 0.3) is 0 Å². The van der Waals surface area contributed by atoms with Gasteiger partial charge in [0.1, 0.15) is 11.0 Å². The van der Waals surface area contributed by atoms with Gasteiger partial charge in [-0.3, -0.25) is 4.79 Å². The molecule has 1 saturated heterocycles. The largest absolute Gasteiger partial charge is 0.454 e. The highest BCUT2D eigenvalue weighted by Gasteiger charge is 2.22. The van der Waals surface area contributed by atoms with E-state index in [-0.39, 0.29) is 18.5 Å². The highest BCUT2D eigenvalue weighted by atomic mass is 35.5. The first-order valence-electron chi connectivity index (χ1n) is 10.2. The maximum Gasteiger partial charge on any atom is 0.231 e. The van der Waals surface area contributed by atoms with E-state index in [9.17, 15) is 4.79 Å². The molecule has 10 heteroatoms. The Kier molecular flexibility index (Phi) is 7.04. The third-order valence-corrected chi connectivity index (χ3v) is 6.56. The van der Waals surface area contributed by atoms with Crippen molar-refractivity contribution in [3.63, 3.8) is 0 Å². The smallest absolute Gasteiger partial charge is 0.231 e. The number of carbonyl (C=O) groups is 1. The molecule has 0 bridgehead atoms. The van der Waals surface area contributed by atoms with Crippen LogP contribution in [0.25, 0.3) is 0 Å². The minimum absolute atomic E-state index is 0.100. The average molecular weight is 464 g/mol. The number of rotatable bonds is 7. The first-order chi connectivity index (χ1) is 15.0. The molecular formula is C21H26ClN5O3S. The highest BCUT2D eigenvalue weighted by molar-refractivity contribution is 7.99. The minimum atomic E-state index is -0.100. The van der Waals surface area contributed by atoms with Gasteiger partial charge in [-0.05, 0) is 50.7 Å². The molecule has 0 aliphatic carbocycles. The number of amides is 1. The van der Waals surface area contributed by atoms with Gasteiger partial charge in [0.05, 0.1) is 5.75 Å². The Labute approximate surface area is 191 Å². The molecule has 0 atom stereocenters. The molecule has 4 rings (SSSR count). The van der Waals surface area contributed by atoms with E-state index in [2.05, 4.69) is 32.1 Å². The maximum atomic E-state index is 12.3. The number of ether oxygens (including phenoxy) is 2. The maximum absolute atomic E-state index is 12.3. The number of likely N-dealkylation sites (tertiary alicyclic amines) is 1. The monoisotopic (exact) mass is 463 g/mol. The van der Waals surface area contributed by atoms with Crippen molar-refractivity contribution in [3.8, 4) is 11.5 Å². The zero-order valence-electron chi connectivity index (χ0n) is 17.6. The minimum Gasteiger partial charge on any atom is -0.454 e. The third-order valence-electron chi connectivity index (χ3n) is 5.52. The van der Waals surface area contributed by atoms with Gasteiger partial charge < -0.3 is 24.6 Å². The fourth-order valence-electron chi connectivity index (χ4n) is 3.63. The quantitative estimate of drug-likeness (QED) is 0.381. The van der Waals surface area contributed by atoms with Gasteiger partial charge in [0.2, 0.25) is 12.7 Å². The van der Waals surface area contributed by atoms with Crippen molar-refractivity contribution >= 4 is 35.1 Å². The van der Waals surface area contributed by atoms with Gasteiger partial charge >= 0.3 is 0 Å². The summed E-state index contributed by atoms with van der Waals surface area (Å²) in [7, 11) is 4.19. The van der Waals surface area contributed by atoms with Crippen molar-refractivity contribution in [2.45, 2.75) is 30.6 Å². The van der Waals surface area contributed by atoms with Crippen molar-refractivity contribution in [2.24, 2.45) is 0 Å². The molecule has 1 fully saturated rings. The van der Waals surface area contributed by atoms with Crippen LogP contribution in [0.15, 0.2) is 29.4 Å². The van der Waals surface area contributed by atoms with Crippen LogP contribution >= 0.6 is 23.4 Å². The van der Waals surface area contributed by atoms with Gasteiger partial charge in [0, 0.05) is 25.7 Å². The number of benzene rings is 1.